The second kappa shape index (κ2) is 6.98. The summed E-state index contributed by atoms with van der Waals surface area (Å²) in [6, 6.07) is 1.41. The molecule has 1 aliphatic rings. The van der Waals surface area contributed by atoms with Gasteiger partial charge in [-0.15, -0.1) is 11.3 Å². The van der Waals surface area contributed by atoms with Gasteiger partial charge < -0.3 is 9.64 Å². The molecule has 0 spiro atoms. The SMILES string of the molecule is COC(=O)c1sccc1S(=O)(=O)N1CCN(C(=O)C(C)C)CC1. The Morgan fingerprint density at radius 2 is 1.83 bits per heavy atom. The molecule has 1 fully saturated rings. The van der Waals surface area contributed by atoms with Crippen LogP contribution in [-0.4, -0.2) is 62.8 Å². The Balaban J connectivity index is 2.16. The van der Waals surface area contributed by atoms with E-state index in [0.717, 1.165) is 11.3 Å². The van der Waals surface area contributed by atoms with E-state index in [2.05, 4.69) is 4.74 Å². The van der Waals surface area contributed by atoms with Crippen LogP contribution in [0.15, 0.2) is 16.3 Å². The molecule has 2 rings (SSSR count). The smallest absolute Gasteiger partial charge is 0.349 e. The van der Waals surface area contributed by atoms with Crippen LogP contribution in [0.1, 0.15) is 23.5 Å². The van der Waals surface area contributed by atoms with Gasteiger partial charge in [-0.05, 0) is 11.4 Å². The molecular weight excluding hydrogens is 340 g/mol. The van der Waals surface area contributed by atoms with Crippen molar-refractivity contribution in [3.63, 3.8) is 0 Å². The summed E-state index contributed by atoms with van der Waals surface area (Å²) in [6.45, 7) is 4.79. The second-order valence-corrected chi connectivity index (χ2v) is 8.31. The van der Waals surface area contributed by atoms with E-state index >= 15 is 0 Å². The van der Waals surface area contributed by atoms with Gasteiger partial charge in [0.2, 0.25) is 15.9 Å². The highest BCUT2D eigenvalue weighted by atomic mass is 32.2. The molecular formula is C14H20N2O5S2. The van der Waals surface area contributed by atoms with E-state index in [-0.39, 0.29) is 34.7 Å². The Hall–Kier alpha value is -1.45. The summed E-state index contributed by atoms with van der Waals surface area (Å²) in [6.07, 6.45) is 0. The average molecular weight is 360 g/mol. The number of rotatable bonds is 4. The van der Waals surface area contributed by atoms with Crippen molar-refractivity contribution in [3.8, 4) is 0 Å². The topological polar surface area (TPSA) is 84.0 Å². The summed E-state index contributed by atoms with van der Waals surface area (Å²) in [7, 11) is -2.55. The Morgan fingerprint density at radius 3 is 2.35 bits per heavy atom. The largest absolute Gasteiger partial charge is 0.465 e. The summed E-state index contributed by atoms with van der Waals surface area (Å²) in [5.41, 5.74) is 0. The first-order valence-electron chi connectivity index (χ1n) is 7.23. The molecule has 7 nitrogen and oxygen atoms in total. The second-order valence-electron chi connectivity index (χ2n) is 5.49. The third kappa shape index (κ3) is 3.56. The summed E-state index contributed by atoms with van der Waals surface area (Å²) < 4.78 is 31.4. The number of nitrogens with zero attached hydrogens (tertiary/aromatic N) is 2. The molecule has 2 heterocycles. The van der Waals surface area contributed by atoms with Gasteiger partial charge in [-0.2, -0.15) is 4.31 Å². The highest BCUT2D eigenvalue weighted by Gasteiger charge is 2.34. The molecule has 0 unspecified atom stereocenters. The molecule has 1 aliphatic heterocycles. The minimum atomic E-state index is -3.77. The Labute approximate surface area is 139 Å². The lowest BCUT2D eigenvalue weighted by Crippen LogP contribution is -2.51. The number of piperazine rings is 1. The minimum absolute atomic E-state index is 0.0211. The van der Waals surface area contributed by atoms with E-state index in [9.17, 15) is 18.0 Å². The number of carbonyl (C=O) groups excluding carboxylic acids is 2. The number of carbonyl (C=O) groups is 2. The Morgan fingerprint density at radius 1 is 1.22 bits per heavy atom. The van der Waals surface area contributed by atoms with E-state index in [0.29, 0.717) is 13.1 Å². The van der Waals surface area contributed by atoms with E-state index in [1.54, 1.807) is 10.3 Å². The third-order valence-electron chi connectivity index (χ3n) is 3.66. The number of sulfonamides is 1. The molecule has 1 saturated heterocycles. The molecule has 0 aromatic carbocycles. The van der Waals surface area contributed by atoms with Gasteiger partial charge in [0.25, 0.3) is 0 Å². The van der Waals surface area contributed by atoms with Crippen LogP contribution in [0.4, 0.5) is 0 Å². The number of esters is 1. The lowest BCUT2D eigenvalue weighted by molar-refractivity contribution is -0.135. The first-order chi connectivity index (χ1) is 10.8. The van der Waals surface area contributed by atoms with Crippen molar-refractivity contribution in [3.05, 3.63) is 16.3 Å². The number of thiophene rings is 1. The van der Waals surface area contributed by atoms with Crippen molar-refractivity contribution in [1.82, 2.24) is 9.21 Å². The molecule has 1 amide bonds. The van der Waals surface area contributed by atoms with E-state index in [1.807, 2.05) is 13.8 Å². The maximum absolute atomic E-state index is 12.7. The highest BCUT2D eigenvalue weighted by molar-refractivity contribution is 7.89. The molecule has 0 bridgehead atoms. The number of hydrogen-bond acceptors (Lipinski definition) is 6. The zero-order valence-corrected chi connectivity index (χ0v) is 14.9. The molecule has 0 atom stereocenters. The van der Waals surface area contributed by atoms with Crippen LogP contribution in [0.5, 0.6) is 0 Å². The zero-order chi connectivity index (χ0) is 17.2. The van der Waals surface area contributed by atoms with Gasteiger partial charge >= 0.3 is 5.97 Å². The van der Waals surface area contributed by atoms with E-state index < -0.39 is 16.0 Å². The molecule has 1 aromatic heterocycles. The molecule has 9 heteroatoms. The fourth-order valence-electron chi connectivity index (χ4n) is 2.40. The van der Waals surface area contributed by atoms with Gasteiger partial charge in [-0.25, -0.2) is 13.2 Å². The first-order valence-corrected chi connectivity index (χ1v) is 9.55. The highest BCUT2D eigenvalue weighted by Crippen LogP contribution is 2.26. The minimum Gasteiger partial charge on any atom is -0.465 e. The Bertz CT molecular complexity index is 688. The van der Waals surface area contributed by atoms with Crippen molar-refractivity contribution in [2.45, 2.75) is 18.7 Å². The first kappa shape index (κ1) is 17.9. The van der Waals surface area contributed by atoms with Crippen LogP contribution in [0.3, 0.4) is 0 Å². The number of amides is 1. The van der Waals surface area contributed by atoms with Gasteiger partial charge in [-0.1, -0.05) is 13.8 Å². The van der Waals surface area contributed by atoms with Gasteiger partial charge in [0, 0.05) is 32.1 Å². The van der Waals surface area contributed by atoms with E-state index in [4.69, 9.17) is 0 Å². The van der Waals surface area contributed by atoms with Crippen LogP contribution in [0.25, 0.3) is 0 Å². The van der Waals surface area contributed by atoms with Gasteiger partial charge in [0.05, 0.1) is 7.11 Å². The molecule has 0 N–H and O–H groups in total. The summed E-state index contributed by atoms with van der Waals surface area (Å²) in [4.78, 5) is 25.4. The lowest BCUT2D eigenvalue weighted by Gasteiger charge is -2.34. The molecule has 1 aromatic rings. The quantitative estimate of drug-likeness (QED) is 0.749. The third-order valence-corrected chi connectivity index (χ3v) is 6.63. The van der Waals surface area contributed by atoms with Crippen molar-refractivity contribution in [1.29, 1.82) is 0 Å². The van der Waals surface area contributed by atoms with Crippen LogP contribution < -0.4 is 0 Å². The maximum Gasteiger partial charge on any atom is 0.349 e. The predicted molar refractivity (Wildman–Crippen MR) is 85.8 cm³/mol. The summed E-state index contributed by atoms with van der Waals surface area (Å²) >= 11 is 1.04. The lowest BCUT2D eigenvalue weighted by atomic mass is 10.2. The summed E-state index contributed by atoms with van der Waals surface area (Å²) in [5.74, 6) is -0.749. The van der Waals surface area contributed by atoms with E-state index in [1.165, 1.54) is 17.5 Å². The monoisotopic (exact) mass is 360 g/mol. The van der Waals surface area contributed by atoms with Crippen molar-refractivity contribution in [2.75, 3.05) is 33.3 Å². The average Bonchev–Trinajstić information content (AvgIpc) is 3.03. The van der Waals surface area contributed by atoms with Gasteiger partial charge in [0.15, 0.2) is 0 Å². The fraction of sp³-hybridized carbons (Fsp3) is 0.571. The van der Waals surface area contributed by atoms with Gasteiger partial charge in [-0.3, -0.25) is 4.79 Å². The van der Waals surface area contributed by atoms with Crippen LogP contribution >= 0.6 is 11.3 Å². The number of methoxy groups -OCH3 is 1. The molecule has 0 aliphatic carbocycles. The Kier molecular flexibility index (Phi) is 5.43. The van der Waals surface area contributed by atoms with Crippen LogP contribution in [0, 0.1) is 5.92 Å². The van der Waals surface area contributed by atoms with Crippen LogP contribution in [0.2, 0.25) is 0 Å². The van der Waals surface area contributed by atoms with Gasteiger partial charge in [0.1, 0.15) is 9.77 Å². The number of hydrogen-bond donors (Lipinski definition) is 0. The van der Waals surface area contributed by atoms with Crippen molar-refractivity contribution >= 4 is 33.2 Å². The molecule has 0 radical (unpaired) electrons. The molecule has 128 valence electrons. The van der Waals surface area contributed by atoms with Crippen LogP contribution in [-0.2, 0) is 19.6 Å². The van der Waals surface area contributed by atoms with Crippen molar-refractivity contribution < 1.29 is 22.7 Å². The molecule has 0 saturated carbocycles. The predicted octanol–water partition coefficient (Wildman–Crippen LogP) is 1.02. The summed E-state index contributed by atoms with van der Waals surface area (Å²) in [5, 5.41) is 1.55. The number of ether oxygens (including phenoxy) is 1. The molecule has 23 heavy (non-hydrogen) atoms. The fourth-order valence-corrected chi connectivity index (χ4v) is 5.13. The standard InChI is InChI=1S/C14H20N2O5S2/c1-10(2)13(17)15-5-7-16(8-6-15)23(19,20)11-4-9-22-12(11)14(18)21-3/h4,9-10H,5-8H2,1-3H3. The normalized spacial score (nSPS) is 16.6. The maximum atomic E-state index is 12.7. The van der Waals surface area contributed by atoms with Crippen molar-refractivity contribution in [2.24, 2.45) is 5.92 Å². The zero-order valence-electron chi connectivity index (χ0n) is 13.3.